The van der Waals surface area contributed by atoms with Gasteiger partial charge in [0, 0.05) is 48.5 Å². The minimum absolute atomic E-state index is 0.234. The molecular weight excluding hydrogens is 370 g/mol. The van der Waals surface area contributed by atoms with E-state index in [4.69, 9.17) is 11.6 Å². The lowest BCUT2D eigenvalue weighted by Gasteiger charge is -2.40. The van der Waals surface area contributed by atoms with Gasteiger partial charge in [-0.1, -0.05) is 29.8 Å². The summed E-state index contributed by atoms with van der Waals surface area (Å²) in [5.41, 5.74) is 2.07. The van der Waals surface area contributed by atoms with Crippen LogP contribution < -0.4 is 4.90 Å². The predicted octanol–water partition coefficient (Wildman–Crippen LogP) is 4.25. The van der Waals surface area contributed by atoms with Crippen LogP contribution in [-0.2, 0) is 0 Å². The number of hydrogen-bond donors (Lipinski definition) is 1. The molecule has 0 aliphatic carbocycles. The molecule has 0 spiro atoms. The number of piperazine rings is 1. The molecule has 1 N–H and O–H groups in total. The first-order valence-corrected chi connectivity index (χ1v) is 9.18. The van der Waals surface area contributed by atoms with Crippen molar-refractivity contribution < 1.29 is 8.78 Å². The molecule has 1 aliphatic heterocycles. The van der Waals surface area contributed by atoms with Gasteiger partial charge in [0.2, 0.25) is 0 Å². The molecule has 4 nitrogen and oxygen atoms in total. The van der Waals surface area contributed by atoms with Crippen LogP contribution in [0.1, 0.15) is 17.2 Å². The molecule has 1 unspecified atom stereocenters. The maximum Gasteiger partial charge on any atom is 0.147 e. The van der Waals surface area contributed by atoms with Crippen molar-refractivity contribution in [2.45, 2.75) is 6.04 Å². The van der Waals surface area contributed by atoms with Gasteiger partial charge in [-0.25, -0.2) is 8.78 Å². The minimum Gasteiger partial charge on any atom is -0.367 e. The standard InChI is InChI=1S/C20H19ClF2N4/c21-15-5-6-19(18(23)11-15)26-7-9-27(10-8-26)20(14-12-24-25-13-14)16-3-1-2-4-17(16)22/h1-6,11-13,20H,7-10H2,(H,24,25). The molecule has 140 valence electrons. The Kier molecular flexibility index (Phi) is 5.09. The molecule has 4 rings (SSSR count). The summed E-state index contributed by atoms with van der Waals surface area (Å²) in [5, 5.41) is 7.23. The number of H-pyrrole nitrogens is 1. The number of nitrogens with zero attached hydrogens (tertiary/aromatic N) is 3. The van der Waals surface area contributed by atoms with Crippen LogP contribution in [0.4, 0.5) is 14.5 Å². The Morgan fingerprint density at radius 2 is 1.78 bits per heavy atom. The van der Waals surface area contributed by atoms with E-state index < -0.39 is 0 Å². The molecule has 2 heterocycles. The molecule has 1 aromatic heterocycles. The van der Waals surface area contributed by atoms with Crippen LogP contribution in [0.2, 0.25) is 5.02 Å². The molecule has 27 heavy (non-hydrogen) atoms. The van der Waals surface area contributed by atoms with Crippen LogP contribution in [0.3, 0.4) is 0 Å². The maximum atomic E-state index is 14.5. The summed E-state index contributed by atoms with van der Waals surface area (Å²) in [7, 11) is 0. The van der Waals surface area contributed by atoms with Crippen molar-refractivity contribution in [2.24, 2.45) is 0 Å². The molecular formula is C20H19ClF2N4. The van der Waals surface area contributed by atoms with Crippen LogP contribution in [0.25, 0.3) is 0 Å². The van der Waals surface area contributed by atoms with E-state index in [1.165, 1.54) is 12.1 Å². The van der Waals surface area contributed by atoms with Crippen molar-refractivity contribution in [3.8, 4) is 0 Å². The highest BCUT2D eigenvalue weighted by Gasteiger charge is 2.29. The van der Waals surface area contributed by atoms with Gasteiger partial charge in [-0.05, 0) is 24.3 Å². The molecule has 1 aliphatic rings. The Morgan fingerprint density at radius 1 is 1.00 bits per heavy atom. The van der Waals surface area contributed by atoms with E-state index in [1.54, 1.807) is 36.7 Å². The van der Waals surface area contributed by atoms with E-state index in [-0.39, 0.29) is 17.7 Å². The number of rotatable bonds is 4. The van der Waals surface area contributed by atoms with E-state index in [1.807, 2.05) is 11.0 Å². The first-order valence-electron chi connectivity index (χ1n) is 8.80. The third-order valence-corrected chi connectivity index (χ3v) is 5.20. The average molecular weight is 389 g/mol. The van der Waals surface area contributed by atoms with Gasteiger partial charge in [-0.2, -0.15) is 5.10 Å². The maximum absolute atomic E-state index is 14.5. The molecule has 0 bridgehead atoms. The molecule has 1 saturated heterocycles. The summed E-state index contributed by atoms with van der Waals surface area (Å²) in [6.45, 7) is 2.63. The smallest absolute Gasteiger partial charge is 0.147 e. The third kappa shape index (κ3) is 3.68. The molecule has 0 radical (unpaired) electrons. The van der Waals surface area contributed by atoms with Crippen LogP contribution in [0, 0.1) is 11.6 Å². The molecule has 3 aromatic rings. The van der Waals surface area contributed by atoms with Gasteiger partial charge in [0.1, 0.15) is 11.6 Å². The molecule has 0 saturated carbocycles. The van der Waals surface area contributed by atoms with Crippen molar-refractivity contribution in [3.05, 3.63) is 82.6 Å². The molecule has 7 heteroatoms. The van der Waals surface area contributed by atoms with Crippen LogP contribution in [-0.4, -0.2) is 41.3 Å². The number of anilines is 1. The Labute approximate surface area is 161 Å². The van der Waals surface area contributed by atoms with Gasteiger partial charge in [-0.15, -0.1) is 0 Å². The van der Waals surface area contributed by atoms with Crippen molar-refractivity contribution in [2.75, 3.05) is 31.1 Å². The van der Waals surface area contributed by atoms with E-state index in [0.717, 1.165) is 5.56 Å². The number of aromatic amines is 1. The van der Waals surface area contributed by atoms with Crippen molar-refractivity contribution in [1.29, 1.82) is 0 Å². The summed E-state index contributed by atoms with van der Waals surface area (Å²) in [5.74, 6) is -0.564. The van der Waals surface area contributed by atoms with Gasteiger partial charge in [0.15, 0.2) is 0 Å². The van der Waals surface area contributed by atoms with Crippen LogP contribution in [0.5, 0.6) is 0 Å². The van der Waals surface area contributed by atoms with Crippen molar-refractivity contribution in [3.63, 3.8) is 0 Å². The first kappa shape index (κ1) is 17.9. The highest BCUT2D eigenvalue weighted by Crippen LogP contribution is 2.32. The Morgan fingerprint density at radius 3 is 2.44 bits per heavy atom. The fraction of sp³-hybridized carbons (Fsp3) is 0.250. The van der Waals surface area contributed by atoms with Crippen molar-refractivity contribution >= 4 is 17.3 Å². The quantitative estimate of drug-likeness (QED) is 0.725. The Hall–Kier alpha value is -2.44. The van der Waals surface area contributed by atoms with E-state index in [0.29, 0.717) is 42.5 Å². The fourth-order valence-corrected chi connectivity index (χ4v) is 3.81. The first-order chi connectivity index (χ1) is 13.1. The lowest BCUT2D eigenvalue weighted by Crippen LogP contribution is -2.48. The normalized spacial score (nSPS) is 16.5. The lowest BCUT2D eigenvalue weighted by atomic mass is 9.98. The summed E-state index contributed by atoms with van der Waals surface area (Å²) < 4.78 is 28.7. The number of halogens is 3. The van der Waals surface area contributed by atoms with E-state index >= 15 is 0 Å². The van der Waals surface area contributed by atoms with Gasteiger partial charge in [0.05, 0.1) is 17.9 Å². The molecule has 1 fully saturated rings. The number of nitrogens with one attached hydrogen (secondary N) is 1. The molecule has 0 amide bonds. The second-order valence-corrected chi connectivity index (χ2v) is 7.01. The predicted molar refractivity (Wildman–Crippen MR) is 102 cm³/mol. The number of benzene rings is 2. The van der Waals surface area contributed by atoms with E-state index in [9.17, 15) is 8.78 Å². The highest BCUT2D eigenvalue weighted by atomic mass is 35.5. The molecule has 1 atom stereocenters. The van der Waals surface area contributed by atoms with Gasteiger partial charge in [0.25, 0.3) is 0 Å². The lowest BCUT2D eigenvalue weighted by molar-refractivity contribution is 0.208. The SMILES string of the molecule is Fc1ccccc1C(c1cn[nH]c1)N1CCN(c2ccc(Cl)cc2F)CC1. The Balaban J connectivity index is 1.56. The van der Waals surface area contributed by atoms with E-state index in [2.05, 4.69) is 15.1 Å². The third-order valence-electron chi connectivity index (χ3n) is 4.96. The molecule has 2 aromatic carbocycles. The van der Waals surface area contributed by atoms with Crippen molar-refractivity contribution in [1.82, 2.24) is 15.1 Å². The highest BCUT2D eigenvalue weighted by molar-refractivity contribution is 6.30. The van der Waals surface area contributed by atoms with Gasteiger partial charge < -0.3 is 4.90 Å². The minimum atomic E-state index is -0.323. The average Bonchev–Trinajstić information content (AvgIpc) is 3.19. The number of aromatic nitrogens is 2. The number of hydrogen-bond acceptors (Lipinski definition) is 3. The summed E-state index contributed by atoms with van der Waals surface area (Å²) >= 11 is 5.85. The summed E-state index contributed by atoms with van der Waals surface area (Å²) in [4.78, 5) is 4.20. The fourth-order valence-electron chi connectivity index (χ4n) is 3.65. The zero-order valence-electron chi connectivity index (χ0n) is 14.6. The second-order valence-electron chi connectivity index (χ2n) is 6.57. The van der Waals surface area contributed by atoms with Gasteiger partial charge >= 0.3 is 0 Å². The zero-order chi connectivity index (χ0) is 18.8. The van der Waals surface area contributed by atoms with Crippen LogP contribution in [0.15, 0.2) is 54.9 Å². The summed E-state index contributed by atoms with van der Waals surface area (Å²) in [6, 6.07) is 11.3. The topological polar surface area (TPSA) is 35.2 Å². The van der Waals surface area contributed by atoms with Gasteiger partial charge in [-0.3, -0.25) is 10.00 Å². The zero-order valence-corrected chi connectivity index (χ0v) is 15.3. The monoisotopic (exact) mass is 388 g/mol. The Bertz CT molecular complexity index is 908. The van der Waals surface area contributed by atoms with Crippen LogP contribution >= 0.6 is 11.6 Å². The summed E-state index contributed by atoms with van der Waals surface area (Å²) in [6.07, 6.45) is 3.52. The largest absolute Gasteiger partial charge is 0.367 e. The second kappa shape index (κ2) is 7.66.